The molecule has 10 heteroatoms. The molecule has 2 aromatic heterocycles. The van der Waals surface area contributed by atoms with Crippen molar-refractivity contribution in [3.8, 4) is 0 Å². The van der Waals surface area contributed by atoms with E-state index in [-0.39, 0.29) is 17.9 Å². The summed E-state index contributed by atoms with van der Waals surface area (Å²) in [6.07, 6.45) is -3.68. The van der Waals surface area contributed by atoms with Crippen molar-refractivity contribution in [1.82, 2.24) is 5.32 Å². The lowest BCUT2D eigenvalue weighted by molar-refractivity contribution is -0.174. The summed E-state index contributed by atoms with van der Waals surface area (Å²) >= 11 is 1.23. The van der Waals surface area contributed by atoms with Crippen LogP contribution in [-0.2, 0) is 9.63 Å². The molecule has 2 heterocycles. The van der Waals surface area contributed by atoms with Crippen LogP contribution in [0.15, 0.2) is 39.4 Å². The minimum absolute atomic E-state index is 0.00470. The SMILES string of the molecule is O=C(ON=C1CC(NC(=O)C(F)(F)F)c2ccsc21)c1ccco1. The summed E-state index contributed by atoms with van der Waals surface area (Å²) in [6, 6.07) is 3.61. The summed E-state index contributed by atoms with van der Waals surface area (Å²) in [5.41, 5.74) is 0.790. The minimum atomic E-state index is -4.97. The summed E-state index contributed by atoms with van der Waals surface area (Å²) in [7, 11) is 0. The summed E-state index contributed by atoms with van der Waals surface area (Å²) < 4.78 is 42.0. The Bertz CT molecular complexity index is 795. The van der Waals surface area contributed by atoms with Gasteiger partial charge < -0.3 is 14.6 Å². The highest BCUT2D eigenvalue weighted by Gasteiger charge is 2.42. The molecule has 1 atom stereocenters. The molecule has 126 valence electrons. The van der Waals surface area contributed by atoms with Crippen LogP contribution in [0.1, 0.15) is 33.5 Å². The van der Waals surface area contributed by atoms with Crippen molar-refractivity contribution in [2.75, 3.05) is 0 Å². The van der Waals surface area contributed by atoms with Crippen LogP contribution in [0.3, 0.4) is 0 Å². The van der Waals surface area contributed by atoms with Crippen LogP contribution in [0.4, 0.5) is 13.2 Å². The molecule has 0 saturated carbocycles. The number of thiophene rings is 1. The van der Waals surface area contributed by atoms with E-state index in [0.717, 1.165) is 0 Å². The Morgan fingerprint density at radius 1 is 1.38 bits per heavy atom. The second-order valence-electron chi connectivity index (χ2n) is 4.83. The quantitative estimate of drug-likeness (QED) is 0.676. The first-order valence-electron chi connectivity index (χ1n) is 6.63. The van der Waals surface area contributed by atoms with Gasteiger partial charge in [0.05, 0.1) is 17.2 Å². The smallest absolute Gasteiger partial charge is 0.457 e. The number of oxime groups is 1. The molecule has 1 N–H and O–H groups in total. The highest BCUT2D eigenvalue weighted by molar-refractivity contribution is 7.12. The zero-order valence-corrected chi connectivity index (χ0v) is 12.6. The van der Waals surface area contributed by atoms with Crippen molar-refractivity contribution in [2.24, 2.45) is 5.16 Å². The first kappa shape index (κ1) is 16.2. The van der Waals surface area contributed by atoms with Crippen LogP contribution in [0.25, 0.3) is 0 Å². The van der Waals surface area contributed by atoms with Gasteiger partial charge >= 0.3 is 18.1 Å². The Balaban J connectivity index is 1.74. The van der Waals surface area contributed by atoms with Crippen molar-refractivity contribution < 1.29 is 32.0 Å². The standard InChI is InChI=1S/C14H9F3N2O4S/c15-14(16,17)13(21)18-8-6-9(11-7(8)3-5-24-11)19-23-12(20)10-2-1-4-22-10/h1-5,8H,6H2,(H,18,21). The fourth-order valence-electron chi connectivity index (χ4n) is 2.21. The van der Waals surface area contributed by atoms with Crippen molar-refractivity contribution in [2.45, 2.75) is 18.6 Å². The number of nitrogens with zero attached hydrogens (tertiary/aromatic N) is 1. The number of hydrogen-bond acceptors (Lipinski definition) is 6. The Morgan fingerprint density at radius 3 is 2.83 bits per heavy atom. The van der Waals surface area contributed by atoms with Crippen LogP contribution in [0.5, 0.6) is 0 Å². The normalized spacial score (nSPS) is 18.5. The van der Waals surface area contributed by atoms with E-state index in [1.54, 1.807) is 11.4 Å². The van der Waals surface area contributed by atoms with E-state index in [1.807, 2.05) is 5.32 Å². The van der Waals surface area contributed by atoms with Crippen LogP contribution >= 0.6 is 11.3 Å². The summed E-state index contributed by atoms with van der Waals surface area (Å²) in [4.78, 5) is 28.1. The van der Waals surface area contributed by atoms with Gasteiger partial charge in [0.1, 0.15) is 5.71 Å². The van der Waals surface area contributed by atoms with Crippen LogP contribution in [-0.4, -0.2) is 23.8 Å². The van der Waals surface area contributed by atoms with Gasteiger partial charge in [-0.2, -0.15) is 13.2 Å². The fraction of sp³-hybridized carbons (Fsp3) is 0.214. The molecule has 0 saturated heterocycles. The zero-order chi connectivity index (χ0) is 17.3. The lowest BCUT2D eigenvalue weighted by Gasteiger charge is -2.13. The van der Waals surface area contributed by atoms with Gasteiger partial charge in [-0.15, -0.1) is 11.3 Å². The monoisotopic (exact) mass is 358 g/mol. The molecule has 3 rings (SSSR count). The van der Waals surface area contributed by atoms with Crippen molar-refractivity contribution in [3.63, 3.8) is 0 Å². The van der Waals surface area contributed by atoms with Gasteiger partial charge in [0.25, 0.3) is 0 Å². The second-order valence-corrected chi connectivity index (χ2v) is 5.74. The van der Waals surface area contributed by atoms with Crippen LogP contribution in [0, 0.1) is 0 Å². The molecule has 0 fully saturated rings. The molecule has 0 aliphatic heterocycles. The molecule has 1 amide bonds. The largest absolute Gasteiger partial charge is 0.471 e. The number of nitrogens with one attached hydrogen (secondary N) is 1. The summed E-state index contributed by atoms with van der Waals surface area (Å²) in [6.45, 7) is 0. The molecule has 0 radical (unpaired) electrons. The van der Waals surface area contributed by atoms with Crippen LogP contribution in [0.2, 0.25) is 0 Å². The first-order chi connectivity index (χ1) is 11.4. The molecule has 0 spiro atoms. The fourth-order valence-corrected chi connectivity index (χ4v) is 3.16. The van der Waals surface area contributed by atoms with Gasteiger partial charge in [0, 0.05) is 6.42 Å². The first-order valence-corrected chi connectivity index (χ1v) is 7.51. The second kappa shape index (κ2) is 6.11. The van der Waals surface area contributed by atoms with Crippen molar-refractivity contribution >= 4 is 28.9 Å². The highest BCUT2D eigenvalue weighted by Crippen LogP contribution is 2.36. The molecule has 1 unspecified atom stereocenters. The molecular weight excluding hydrogens is 349 g/mol. The molecule has 1 aliphatic carbocycles. The van der Waals surface area contributed by atoms with E-state index in [2.05, 4.69) is 5.16 Å². The molecular formula is C14H9F3N2O4S. The maximum atomic E-state index is 12.4. The number of alkyl halides is 3. The molecule has 6 nitrogen and oxygen atoms in total. The van der Waals surface area contributed by atoms with Gasteiger partial charge in [-0.1, -0.05) is 5.16 Å². The predicted octanol–water partition coefficient (Wildman–Crippen LogP) is 3.03. The minimum Gasteiger partial charge on any atom is -0.457 e. The van der Waals surface area contributed by atoms with Crippen molar-refractivity contribution in [1.29, 1.82) is 0 Å². The van der Waals surface area contributed by atoms with Gasteiger partial charge in [-0.3, -0.25) is 4.79 Å². The van der Waals surface area contributed by atoms with E-state index >= 15 is 0 Å². The maximum Gasteiger partial charge on any atom is 0.471 e. The zero-order valence-electron chi connectivity index (χ0n) is 11.8. The van der Waals surface area contributed by atoms with E-state index in [4.69, 9.17) is 9.25 Å². The number of fused-ring (bicyclic) bond motifs is 1. The van der Waals surface area contributed by atoms with E-state index in [1.165, 1.54) is 29.7 Å². The van der Waals surface area contributed by atoms with Gasteiger partial charge in [0.15, 0.2) is 0 Å². The van der Waals surface area contributed by atoms with Crippen molar-refractivity contribution in [3.05, 3.63) is 46.0 Å². The van der Waals surface area contributed by atoms with Gasteiger partial charge in [-0.05, 0) is 29.1 Å². The Hall–Kier alpha value is -2.62. The molecule has 1 aliphatic rings. The number of amides is 1. The molecule has 0 bridgehead atoms. The average Bonchev–Trinajstić information content (AvgIpc) is 3.23. The Labute approximate surface area is 136 Å². The Kier molecular flexibility index (Phi) is 4.14. The third-order valence-electron chi connectivity index (χ3n) is 3.25. The summed E-state index contributed by atoms with van der Waals surface area (Å²) in [5, 5.41) is 7.26. The molecule has 0 aromatic carbocycles. The van der Waals surface area contributed by atoms with Gasteiger partial charge in [0.2, 0.25) is 5.76 Å². The number of carbonyl (C=O) groups is 2. The Morgan fingerprint density at radius 2 is 2.17 bits per heavy atom. The topological polar surface area (TPSA) is 80.9 Å². The average molecular weight is 358 g/mol. The van der Waals surface area contributed by atoms with E-state index < -0.39 is 24.1 Å². The van der Waals surface area contributed by atoms with E-state index in [0.29, 0.717) is 10.4 Å². The molecule has 24 heavy (non-hydrogen) atoms. The predicted molar refractivity (Wildman–Crippen MR) is 76.5 cm³/mol. The lowest BCUT2D eigenvalue weighted by Crippen LogP contribution is -2.38. The molecule has 2 aromatic rings. The lowest BCUT2D eigenvalue weighted by atomic mass is 10.2. The number of carbonyl (C=O) groups excluding carboxylic acids is 2. The maximum absolute atomic E-state index is 12.4. The number of halogens is 3. The summed E-state index contributed by atoms with van der Waals surface area (Å²) in [5.74, 6) is -2.91. The third kappa shape index (κ3) is 3.18. The number of rotatable bonds is 3. The number of furan rings is 1. The highest BCUT2D eigenvalue weighted by atomic mass is 32.1. The number of hydrogen-bond donors (Lipinski definition) is 1. The van der Waals surface area contributed by atoms with Gasteiger partial charge in [-0.25, -0.2) is 4.79 Å². The van der Waals surface area contributed by atoms with E-state index in [9.17, 15) is 22.8 Å². The third-order valence-corrected chi connectivity index (χ3v) is 4.23. The van der Waals surface area contributed by atoms with Crippen LogP contribution < -0.4 is 5.32 Å².